The van der Waals surface area contributed by atoms with Crippen molar-refractivity contribution in [1.82, 2.24) is 5.32 Å². The third-order valence-electron chi connectivity index (χ3n) is 7.20. The molecule has 8 heteroatoms. The molecule has 0 saturated heterocycles. The van der Waals surface area contributed by atoms with Crippen molar-refractivity contribution < 1.29 is 28.6 Å². The summed E-state index contributed by atoms with van der Waals surface area (Å²) in [5.41, 5.74) is 3.58. The van der Waals surface area contributed by atoms with Gasteiger partial charge < -0.3 is 19.6 Å². The van der Waals surface area contributed by atoms with Gasteiger partial charge >= 0.3 is 12.1 Å². The zero-order valence-electron chi connectivity index (χ0n) is 19.2. The van der Waals surface area contributed by atoms with Crippen LogP contribution >= 0.6 is 0 Å². The lowest BCUT2D eigenvalue weighted by atomic mass is 9.85. The highest BCUT2D eigenvalue weighted by Crippen LogP contribution is 2.44. The largest absolute Gasteiger partial charge is 0.481 e. The fourth-order valence-corrected chi connectivity index (χ4v) is 5.21. The highest BCUT2D eigenvalue weighted by atomic mass is 16.5. The molecule has 0 bridgehead atoms. The number of aliphatic carboxylic acids is 1. The van der Waals surface area contributed by atoms with Crippen LogP contribution in [0.5, 0.6) is 0 Å². The normalized spacial score (nSPS) is 20.7. The van der Waals surface area contributed by atoms with Gasteiger partial charge in [-0.3, -0.25) is 14.9 Å². The number of fused-ring (bicyclic) bond motifs is 3. The molecule has 8 nitrogen and oxygen atoms in total. The first-order valence-corrected chi connectivity index (χ1v) is 11.6. The minimum Gasteiger partial charge on any atom is -0.481 e. The number of amides is 2. The van der Waals surface area contributed by atoms with Crippen molar-refractivity contribution in [3.63, 3.8) is 0 Å². The molecule has 0 spiro atoms. The van der Waals surface area contributed by atoms with E-state index in [0.717, 1.165) is 22.3 Å². The summed E-state index contributed by atoms with van der Waals surface area (Å²) in [5.74, 6) is -1.71. The van der Waals surface area contributed by atoms with Crippen LogP contribution in [-0.2, 0) is 9.53 Å². The van der Waals surface area contributed by atoms with E-state index in [1.165, 1.54) is 12.3 Å². The van der Waals surface area contributed by atoms with E-state index in [0.29, 0.717) is 19.3 Å². The van der Waals surface area contributed by atoms with Crippen LogP contribution in [0, 0.1) is 5.41 Å². The predicted octanol–water partition coefficient (Wildman–Crippen LogP) is 5.01. The Morgan fingerprint density at radius 3 is 2.37 bits per heavy atom. The Kier molecular flexibility index (Phi) is 5.80. The molecule has 1 fully saturated rings. The summed E-state index contributed by atoms with van der Waals surface area (Å²) in [5, 5.41) is 14.9. The smallest absolute Gasteiger partial charge is 0.411 e. The van der Waals surface area contributed by atoms with Crippen LogP contribution in [0.1, 0.15) is 53.8 Å². The molecular formula is C27H26N2O6. The van der Waals surface area contributed by atoms with Gasteiger partial charge in [0.25, 0.3) is 5.91 Å². The zero-order chi connectivity index (χ0) is 24.6. The lowest BCUT2D eigenvalue weighted by molar-refractivity contribution is -0.148. The Bertz CT molecular complexity index is 1250. The maximum Gasteiger partial charge on any atom is 0.411 e. The van der Waals surface area contributed by atoms with E-state index in [1.807, 2.05) is 36.4 Å². The fourth-order valence-electron chi connectivity index (χ4n) is 5.21. The molecule has 3 aromatic rings. The van der Waals surface area contributed by atoms with Crippen molar-refractivity contribution in [2.24, 2.45) is 5.41 Å². The van der Waals surface area contributed by atoms with Crippen LogP contribution in [0.2, 0.25) is 0 Å². The summed E-state index contributed by atoms with van der Waals surface area (Å²) in [6.45, 7) is 1.77. The Labute approximate surface area is 202 Å². The van der Waals surface area contributed by atoms with Gasteiger partial charge in [-0.15, -0.1) is 0 Å². The summed E-state index contributed by atoms with van der Waals surface area (Å²) >= 11 is 0. The van der Waals surface area contributed by atoms with Crippen molar-refractivity contribution >= 4 is 23.7 Å². The van der Waals surface area contributed by atoms with Gasteiger partial charge in [0.05, 0.1) is 17.4 Å². The average molecular weight is 475 g/mol. The Hall–Kier alpha value is -4.07. The molecule has 35 heavy (non-hydrogen) atoms. The van der Waals surface area contributed by atoms with Gasteiger partial charge in [0, 0.05) is 18.0 Å². The molecule has 1 aromatic heterocycles. The maximum atomic E-state index is 12.8. The molecular weight excluding hydrogens is 448 g/mol. The van der Waals surface area contributed by atoms with Crippen molar-refractivity contribution in [1.29, 1.82) is 0 Å². The van der Waals surface area contributed by atoms with E-state index < -0.39 is 29.4 Å². The summed E-state index contributed by atoms with van der Waals surface area (Å²) in [7, 11) is 0. The number of hydrogen-bond donors (Lipinski definition) is 3. The highest BCUT2D eigenvalue weighted by Gasteiger charge is 2.46. The van der Waals surface area contributed by atoms with Crippen molar-refractivity contribution in [2.75, 3.05) is 11.9 Å². The van der Waals surface area contributed by atoms with Crippen LogP contribution in [0.25, 0.3) is 11.1 Å². The van der Waals surface area contributed by atoms with Crippen molar-refractivity contribution in [3.05, 3.63) is 77.7 Å². The molecule has 5 rings (SSSR count). The first-order chi connectivity index (χ1) is 16.9. The van der Waals surface area contributed by atoms with Gasteiger partial charge in [0.15, 0.2) is 0 Å². The van der Waals surface area contributed by atoms with Gasteiger partial charge in [0.2, 0.25) is 5.76 Å². The summed E-state index contributed by atoms with van der Waals surface area (Å²) in [6, 6.07) is 17.0. The number of rotatable bonds is 6. The third kappa shape index (κ3) is 4.05. The molecule has 2 amide bonds. The second-order valence-electron chi connectivity index (χ2n) is 9.25. The topological polar surface area (TPSA) is 118 Å². The van der Waals surface area contributed by atoms with Crippen LogP contribution < -0.4 is 10.6 Å². The SMILES string of the molecule is CC1(C(=O)O)CCCC1NC(=O)c1occc1NC(=O)OCC1c2ccccc2-c2ccccc21. The first kappa shape index (κ1) is 22.7. The number of benzene rings is 2. The van der Waals surface area contributed by atoms with Crippen LogP contribution in [0.4, 0.5) is 10.5 Å². The maximum absolute atomic E-state index is 12.8. The fraction of sp³-hybridized carbons (Fsp3) is 0.296. The zero-order valence-corrected chi connectivity index (χ0v) is 19.2. The van der Waals surface area contributed by atoms with E-state index in [-0.39, 0.29) is 24.0 Å². The summed E-state index contributed by atoms with van der Waals surface area (Å²) in [4.78, 5) is 37.1. The van der Waals surface area contributed by atoms with E-state index in [9.17, 15) is 19.5 Å². The number of anilines is 1. The third-order valence-corrected chi connectivity index (χ3v) is 7.20. The van der Waals surface area contributed by atoms with Crippen molar-refractivity contribution in [2.45, 2.75) is 38.1 Å². The second kappa shape index (κ2) is 8.94. The van der Waals surface area contributed by atoms with E-state index in [2.05, 4.69) is 22.8 Å². The number of carboxylic acid groups (broad SMARTS) is 1. The molecule has 1 heterocycles. The number of carbonyl (C=O) groups is 3. The number of ether oxygens (including phenoxy) is 1. The first-order valence-electron chi connectivity index (χ1n) is 11.6. The molecule has 2 aliphatic rings. The van der Waals surface area contributed by atoms with Crippen LogP contribution in [0.3, 0.4) is 0 Å². The quantitative estimate of drug-likeness (QED) is 0.462. The molecule has 180 valence electrons. The second-order valence-corrected chi connectivity index (χ2v) is 9.25. The lowest BCUT2D eigenvalue weighted by Crippen LogP contribution is -2.47. The van der Waals surface area contributed by atoms with Gasteiger partial charge in [0.1, 0.15) is 6.61 Å². The predicted molar refractivity (Wildman–Crippen MR) is 128 cm³/mol. The van der Waals surface area contributed by atoms with Crippen LogP contribution in [-0.4, -0.2) is 35.7 Å². The van der Waals surface area contributed by atoms with Gasteiger partial charge in [-0.1, -0.05) is 55.0 Å². The Morgan fingerprint density at radius 2 is 1.71 bits per heavy atom. The number of carbonyl (C=O) groups excluding carboxylic acids is 2. The van der Waals surface area contributed by atoms with Crippen molar-refractivity contribution in [3.8, 4) is 11.1 Å². The molecule has 2 aliphatic carbocycles. The number of furan rings is 1. The monoisotopic (exact) mass is 474 g/mol. The molecule has 2 atom stereocenters. The van der Waals surface area contributed by atoms with E-state index in [4.69, 9.17) is 9.15 Å². The minimum absolute atomic E-state index is 0.0867. The van der Waals surface area contributed by atoms with Crippen LogP contribution in [0.15, 0.2) is 65.3 Å². The summed E-state index contributed by atoms with van der Waals surface area (Å²) in [6.07, 6.45) is 2.33. The number of carboxylic acids is 1. The number of nitrogens with one attached hydrogen (secondary N) is 2. The van der Waals surface area contributed by atoms with Gasteiger partial charge in [-0.05, 0) is 42.0 Å². The van der Waals surface area contributed by atoms with E-state index >= 15 is 0 Å². The Balaban J connectivity index is 1.24. The summed E-state index contributed by atoms with van der Waals surface area (Å²) < 4.78 is 10.9. The number of hydrogen-bond acceptors (Lipinski definition) is 5. The molecule has 0 aliphatic heterocycles. The van der Waals surface area contributed by atoms with Gasteiger partial charge in [-0.25, -0.2) is 4.79 Å². The highest BCUT2D eigenvalue weighted by molar-refractivity contribution is 6.00. The lowest BCUT2D eigenvalue weighted by Gasteiger charge is -2.27. The Morgan fingerprint density at radius 1 is 1.06 bits per heavy atom. The average Bonchev–Trinajstić information content (AvgIpc) is 3.55. The molecule has 2 aromatic carbocycles. The molecule has 0 radical (unpaired) electrons. The molecule has 3 N–H and O–H groups in total. The standard InChI is InChI=1S/C27H26N2O6/c1-27(25(31)32)13-6-11-22(27)29-24(30)23-21(12-14-34-23)28-26(33)35-15-20-18-9-4-2-7-16(18)17-8-3-5-10-19(17)20/h2-5,7-10,12,14,20,22H,6,11,13,15H2,1H3,(H,28,33)(H,29,30)(H,31,32). The molecule has 2 unspecified atom stereocenters. The molecule has 1 saturated carbocycles. The van der Waals surface area contributed by atoms with Gasteiger partial charge in [-0.2, -0.15) is 0 Å². The van der Waals surface area contributed by atoms with E-state index in [1.54, 1.807) is 6.92 Å². The minimum atomic E-state index is -1.04.